The van der Waals surface area contributed by atoms with Gasteiger partial charge in [0.05, 0.1) is 12.7 Å². The topological polar surface area (TPSA) is 18.5 Å². The molecule has 0 heterocycles. The van der Waals surface area contributed by atoms with Crippen LogP contribution in [0, 0.1) is 18.8 Å². The van der Waals surface area contributed by atoms with Gasteiger partial charge in [0.25, 0.3) is 0 Å². The number of aryl methyl sites for hydroxylation is 1. The first-order chi connectivity index (χ1) is 9.13. The first-order valence-corrected chi connectivity index (χ1v) is 7.07. The first kappa shape index (κ1) is 15.9. The van der Waals surface area contributed by atoms with Crippen LogP contribution in [-0.4, -0.2) is 25.2 Å². The van der Waals surface area contributed by atoms with Crippen molar-refractivity contribution in [3.05, 3.63) is 29.3 Å². The highest BCUT2D eigenvalue weighted by Crippen LogP contribution is 2.16. The van der Waals surface area contributed by atoms with Crippen LogP contribution in [0.2, 0.25) is 0 Å². The fourth-order valence-electron chi connectivity index (χ4n) is 1.51. The molecule has 3 heteroatoms. The second kappa shape index (κ2) is 8.85. The Morgan fingerprint density at radius 1 is 1.26 bits per heavy atom. The normalized spacial score (nSPS) is 10.2. The second-order valence-corrected chi connectivity index (χ2v) is 4.86. The maximum atomic E-state index is 5.62. The predicted octanol–water partition coefficient (Wildman–Crippen LogP) is 3.78. The third kappa shape index (κ3) is 6.52. The third-order valence-corrected chi connectivity index (χ3v) is 2.63. The van der Waals surface area contributed by atoms with Crippen molar-refractivity contribution in [3.8, 4) is 17.6 Å². The maximum Gasteiger partial charge on any atom is 0.119 e. The number of hydrogen-bond acceptors (Lipinski definition) is 2. The van der Waals surface area contributed by atoms with Crippen molar-refractivity contribution in [1.29, 1.82) is 0 Å². The quantitative estimate of drug-likeness (QED) is 0.448. The Bertz CT molecular complexity index is 444. The van der Waals surface area contributed by atoms with Gasteiger partial charge in [-0.15, -0.1) is 11.6 Å². The van der Waals surface area contributed by atoms with E-state index in [2.05, 4.69) is 11.8 Å². The Labute approximate surface area is 121 Å². The molecule has 0 aliphatic carbocycles. The summed E-state index contributed by atoms with van der Waals surface area (Å²) in [5.74, 6) is 7.57. The molecule has 0 radical (unpaired) electrons. The highest BCUT2D eigenvalue weighted by molar-refractivity contribution is 6.18. The van der Waals surface area contributed by atoms with Gasteiger partial charge in [-0.25, -0.2) is 0 Å². The van der Waals surface area contributed by atoms with Crippen LogP contribution in [0.3, 0.4) is 0 Å². The molecular weight excluding hydrogens is 260 g/mol. The lowest BCUT2D eigenvalue weighted by atomic mass is 10.1. The van der Waals surface area contributed by atoms with Gasteiger partial charge >= 0.3 is 0 Å². The van der Waals surface area contributed by atoms with Gasteiger partial charge < -0.3 is 9.47 Å². The molecule has 0 aliphatic heterocycles. The average Bonchev–Trinajstić information content (AvgIpc) is 2.37. The van der Waals surface area contributed by atoms with Crippen molar-refractivity contribution in [2.24, 2.45) is 0 Å². The van der Waals surface area contributed by atoms with E-state index in [4.69, 9.17) is 21.1 Å². The molecule has 0 saturated carbocycles. The minimum Gasteiger partial charge on any atom is -0.491 e. The lowest BCUT2D eigenvalue weighted by Gasteiger charge is -2.10. The van der Waals surface area contributed by atoms with Gasteiger partial charge in [0, 0.05) is 17.9 Å². The van der Waals surface area contributed by atoms with E-state index in [0.717, 1.165) is 16.9 Å². The van der Waals surface area contributed by atoms with Crippen LogP contribution in [0.5, 0.6) is 5.75 Å². The summed E-state index contributed by atoms with van der Waals surface area (Å²) in [5.41, 5.74) is 2.14. The van der Waals surface area contributed by atoms with E-state index in [0.29, 0.717) is 25.5 Å². The molecule has 1 aromatic carbocycles. The number of ether oxygens (including phenoxy) is 2. The number of hydrogen-bond donors (Lipinski definition) is 0. The van der Waals surface area contributed by atoms with E-state index in [1.54, 1.807) is 0 Å². The van der Waals surface area contributed by atoms with Gasteiger partial charge in [-0.3, -0.25) is 0 Å². The van der Waals surface area contributed by atoms with Crippen molar-refractivity contribution in [2.45, 2.75) is 33.3 Å². The Morgan fingerprint density at radius 3 is 2.68 bits per heavy atom. The molecule has 0 atom stereocenters. The Balaban J connectivity index is 2.50. The molecule has 0 spiro atoms. The third-order valence-electron chi connectivity index (χ3n) is 2.44. The predicted molar refractivity (Wildman–Crippen MR) is 80.0 cm³/mol. The molecule has 1 aromatic rings. The highest BCUT2D eigenvalue weighted by Gasteiger charge is 1.99. The van der Waals surface area contributed by atoms with E-state index in [9.17, 15) is 0 Å². The molecule has 2 nitrogen and oxygen atoms in total. The van der Waals surface area contributed by atoms with Crippen molar-refractivity contribution in [1.82, 2.24) is 0 Å². The standard InChI is InChI=1S/C16H21ClO2/c1-13(2)18-10-11-19-16-8-7-15(14(3)12-16)6-4-5-9-17/h7-8,12-13H,5,9-11H2,1-3H3. The van der Waals surface area contributed by atoms with Gasteiger partial charge in [0.1, 0.15) is 12.4 Å². The van der Waals surface area contributed by atoms with Gasteiger partial charge in [-0.2, -0.15) is 0 Å². The summed E-state index contributed by atoms with van der Waals surface area (Å²) < 4.78 is 11.0. The molecule has 0 aromatic heterocycles. The molecule has 104 valence electrons. The summed E-state index contributed by atoms with van der Waals surface area (Å²) in [6, 6.07) is 5.92. The van der Waals surface area contributed by atoms with Crippen molar-refractivity contribution >= 4 is 11.6 Å². The highest BCUT2D eigenvalue weighted by atomic mass is 35.5. The minimum absolute atomic E-state index is 0.241. The van der Waals surface area contributed by atoms with E-state index >= 15 is 0 Å². The smallest absolute Gasteiger partial charge is 0.119 e. The monoisotopic (exact) mass is 280 g/mol. The molecular formula is C16H21ClO2. The van der Waals surface area contributed by atoms with Gasteiger partial charge in [0.15, 0.2) is 0 Å². The zero-order chi connectivity index (χ0) is 14.1. The number of alkyl halides is 1. The number of benzene rings is 1. The van der Waals surface area contributed by atoms with E-state index in [1.807, 2.05) is 39.0 Å². The summed E-state index contributed by atoms with van der Waals surface area (Å²) in [6.45, 7) is 7.22. The van der Waals surface area contributed by atoms with Crippen LogP contribution < -0.4 is 4.74 Å². The second-order valence-electron chi connectivity index (χ2n) is 4.49. The molecule has 0 N–H and O–H groups in total. The fraction of sp³-hybridized carbons (Fsp3) is 0.500. The maximum absolute atomic E-state index is 5.62. The van der Waals surface area contributed by atoms with Crippen molar-refractivity contribution in [3.63, 3.8) is 0 Å². The zero-order valence-electron chi connectivity index (χ0n) is 11.8. The van der Waals surface area contributed by atoms with Gasteiger partial charge in [-0.1, -0.05) is 11.8 Å². The Hall–Kier alpha value is -1.17. The summed E-state index contributed by atoms with van der Waals surface area (Å²) in [6.07, 6.45) is 0.955. The lowest BCUT2D eigenvalue weighted by molar-refractivity contribution is 0.0552. The van der Waals surface area contributed by atoms with Crippen LogP contribution in [-0.2, 0) is 4.74 Å². The molecule has 0 unspecified atom stereocenters. The van der Waals surface area contributed by atoms with Crippen LogP contribution in [0.4, 0.5) is 0 Å². The summed E-state index contributed by atoms with van der Waals surface area (Å²) in [7, 11) is 0. The van der Waals surface area contributed by atoms with Gasteiger partial charge in [0.2, 0.25) is 0 Å². The molecule has 0 bridgehead atoms. The SMILES string of the molecule is Cc1cc(OCCOC(C)C)ccc1C#CCCCl. The molecule has 0 amide bonds. The Morgan fingerprint density at radius 2 is 2.05 bits per heavy atom. The van der Waals surface area contributed by atoms with Crippen molar-refractivity contribution in [2.75, 3.05) is 19.1 Å². The summed E-state index contributed by atoms with van der Waals surface area (Å²) in [5, 5.41) is 0. The Kier molecular flexibility index (Phi) is 7.40. The average molecular weight is 281 g/mol. The van der Waals surface area contributed by atoms with E-state index in [1.165, 1.54) is 0 Å². The molecule has 0 fully saturated rings. The number of halogens is 1. The van der Waals surface area contributed by atoms with Gasteiger partial charge in [-0.05, 0) is 44.5 Å². The van der Waals surface area contributed by atoms with E-state index in [-0.39, 0.29) is 6.10 Å². The summed E-state index contributed by atoms with van der Waals surface area (Å²) >= 11 is 5.59. The minimum atomic E-state index is 0.241. The molecule has 19 heavy (non-hydrogen) atoms. The van der Waals surface area contributed by atoms with Crippen LogP contribution >= 0.6 is 11.6 Å². The van der Waals surface area contributed by atoms with E-state index < -0.39 is 0 Å². The summed E-state index contributed by atoms with van der Waals surface area (Å²) in [4.78, 5) is 0. The largest absolute Gasteiger partial charge is 0.491 e. The van der Waals surface area contributed by atoms with Crippen LogP contribution in [0.15, 0.2) is 18.2 Å². The van der Waals surface area contributed by atoms with Crippen LogP contribution in [0.1, 0.15) is 31.4 Å². The lowest BCUT2D eigenvalue weighted by Crippen LogP contribution is -2.11. The number of rotatable bonds is 6. The van der Waals surface area contributed by atoms with Crippen LogP contribution in [0.25, 0.3) is 0 Å². The molecule has 0 saturated heterocycles. The zero-order valence-corrected chi connectivity index (χ0v) is 12.6. The van der Waals surface area contributed by atoms with Crippen molar-refractivity contribution < 1.29 is 9.47 Å². The molecule has 0 aliphatic rings. The molecule has 1 rings (SSSR count). The fourth-order valence-corrected chi connectivity index (χ4v) is 1.61. The first-order valence-electron chi connectivity index (χ1n) is 6.53.